The lowest BCUT2D eigenvalue weighted by molar-refractivity contribution is -0.108. The fraction of sp³-hybridized carbons (Fsp3) is 0.833. The molecule has 0 radical (unpaired) electrons. The molecule has 9 heavy (non-hydrogen) atoms. The maximum absolute atomic E-state index is 9.98. The summed E-state index contributed by atoms with van der Waals surface area (Å²) in [6.45, 7) is 2.33. The second kappa shape index (κ2) is 3.58. The summed E-state index contributed by atoms with van der Waals surface area (Å²) in [6, 6.07) is 0.260. The third-order valence-corrected chi connectivity index (χ3v) is 1.38. The van der Waals surface area contributed by atoms with Crippen molar-refractivity contribution in [2.75, 3.05) is 19.8 Å². The molecule has 0 aromatic carbocycles. The molecule has 0 aromatic rings. The van der Waals surface area contributed by atoms with E-state index >= 15 is 0 Å². The summed E-state index contributed by atoms with van der Waals surface area (Å²) in [6.07, 6.45) is 1.49. The van der Waals surface area contributed by atoms with Gasteiger partial charge in [-0.2, -0.15) is 0 Å². The van der Waals surface area contributed by atoms with Gasteiger partial charge in [-0.1, -0.05) is 0 Å². The van der Waals surface area contributed by atoms with Gasteiger partial charge in [0.1, 0.15) is 6.29 Å². The molecule has 1 aliphatic heterocycles. The van der Waals surface area contributed by atoms with Crippen molar-refractivity contribution in [1.29, 1.82) is 0 Å². The van der Waals surface area contributed by atoms with Gasteiger partial charge in [0.2, 0.25) is 0 Å². The van der Waals surface area contributed by atoms with E-state index in [1.165, 1.54) is 0 Å². The Labute approximate surface area is 54.4 Å². The van der Waals surface area contributed by atoms with Crippen LogP contribution in [0.15, 0.2) is 0 Å². The maximum atomic E-state index is 9.98. The van der Waals surface area contributed by atoms with E-state index in [1.807, 2.05) is 0 Å². The van der Waals surface area contributed by atoms with E-state index in [1.54, 1.807) is 0 Å². The Hall–Kier alpha value is -0.410. The molecule has 3 heteroatoms. The number of carbonyl (C=O) groups is 1. The molecule has 0 aromatic heterocycles. The minimum absolute atomic E-state index is 0.260. The Kier molecular flexibility index (Phi) is 2.67. The Balaban J connectivity index is 2.15. The number of morpholine rings is 1. The molecule has 1 aliphatic rings. The summed E-state index contributed by atoms with van der Waals surface area (Å²) in [4.78, 5) is 9.98. The van der Waals surface area contributed by atoms with E-state index in [-0.39, 0.29) is 6.04 Å². The average Bonchev–Trinajstić information content (AvgIpc) is 1.91. The first-order chi connectivity index (χ1) is 4.43. The molecule has 0 bridgehead atoms. The van der Waals surface area contributed by atoms with Gasteiger partial charge in [0.15, 0.2) is 0 Å². The molecule has 0 amide bonds. The smallest absolute Gasteiger partial charge is 0.121 e. The lowest BCUT2D eigenvalue weighted by Gasteiger charge is -2.21. The highest BCUT2D eigenvalue weighted by atomic mass is 16.5. The van der Waals surface area contributed by atoms with Crippen LogP contribution >= 0.6 is 0 Å². The van der Waals surface area contributed by atoms with Crippen LogP contribution in [0, 0.1) is 0 Å². The monoisotopic (exact) mass is 129 g/mol. The fourth-order valence-electron chi connectivity index (χ4n) is 0.887. The molecule has 1 rings (SSSR count). The molecule has 0 spiro atoms. The standard InChI is InChI=1S/C6H11NO2/c8-3-1-6-5-9-4-2-7-6/h3,6-7H,1-2,4-5H2. The highest BCUT2D eigenvalue weighted by Crippen LogP contribution is 1.94. The number of carbonyl (C=O) groups excluding carboxylic acids is 1. The number of hydrogen-bond acceptors (Lipinski definition) is 3. The average molecular weight is 129 g/mol. The Bertz CT molecular complexity index is 89.1. The molecule has 52 valence electrons. The number of hydrogen-bond donors (Lipinski definition) is 1. The Morgan fingerprint density at radius 1 is 1.78 bits per heavy atom. The van der Waals surface area contributed by atoms with E-state index in [4.69, 9.17) is 4.74 Å². The van der Waals surface area contributed by atoms with Crippen LogP contribution in [-0.2, 0) is 9.53 Å². The fourth-order valence-corrected chi connectivity index (χ4v) is 0.887. The summed E-state index contributed by atoms with van der Waals surface area (Å²) in [5.41, 5.74) is 0. The zero-order valence-electron chi connectivity index (χ0n) is 5.30. The third-order valence-electron chi connectivity index (χ3n) is 1.38. The predicted octanol–water partition coefficient (Wildman–Crippen LogP) is -0.436. The lowest BCUT2D eigenvalue weighted by Crippen LogP contribution is -2.41. The number of aldehydes is 1. The molecule has 1 fully saturated rings. The van der Waals surface area contributed by atoms with Crippen LogP contribution in [0.2, 0.25) is 0 Å². The highest BCUT2D eigenvalue weighted by Gasteiger charge is 2.10. The van der Waals surface area contributed by atoms with Gasteiger partial charge in [-0.05, 0) is 0 Å². The zero-order chi connectivity index (χ0) is 6.53. The predicted molar refractivity (Wildman–Crippen MR) is 33.3 cm³/mol. The first-order valence-electron chi connectivity index (χ1n) is 3.18. The molecule has 1 heterocycles. The maximum Gasteiger partial charge on any atom is 0.121 e. The van der Waals surface area contributed by atoms with E-state index in [0.717, 1.165) is 19.4 Å². The minimum atomic E-state index is 0.260. The summed E-state index contributed by atoms with van der Waals surface area (Å²) >= 11 is 0. The van der Waals surface area contributed by atoms with Crippen molar-refractivity contribution >= 4 is 6.29 Å². The first-order valence-corrected chi connectivity index (χ1v) is 3.18. The van der Waals surface area contributed by atoms with Crippen LogP contribution in [0.1, 0.15) is 6.42 Å². The second-order valence-electron chi connectivity index (χ2n) is 2.13. The third kappa shape index (κ3) is 2.11. The van der Waals surface area contributed by atoms with Crippen molar-refractivity contribution in [2.45, 2.75) is 12.5 Å². The van der Waals surface area contributed by atoms with Gasteiger partial charge in [0.05, 0.1) is 13.2 Å². The topological polar surface area (TPSA) is 38.3 Å². The van der Waals surface area contributed by atoms with Crippen LogP contribution in [0.3, 0.4) is 0 Å². The van der Waals surface area contributed by atoms with Gasteiger partial charge in [0, 0.05) is 19.0 Å². The Morgan fingerprint density at radius 3 is 3.22 bits per heavy atom. The van der Waals surface area contributed by atoms with Crippen molar-refractivity contribution in [3.05, 3.63) is 0 Å². The molecule has 3 nitrogen and oxygen atoms in total. The van der Waals surface area contributed by atoms with Crippen LogP contribution < -0.4 is 5.32 Å². The summed E-state index contributed by atoms with van der Waals surface area (Å²) in [7, 11) is 0. The molecule has 1 atom stereocenters. The molecule has 1 N–H and O–H groups in total. The zero-order valence-corrected chi connectivity index (χ0v) is 5.30. The van der Waals surface area contributed by atoms with Crippen LogP contribution in [0.25, 0.3) is 0 Å². The van der Waals surface area contributed by atoms with Gasteiger partial charge in [-0.25, -0.2) is 0 Å². The van der Waals surface area contributed by atoms with Crippen molar-refractivity contribution in [2.24, 2.45) is 0 Å². The van der Waals surface area contributed by atoms with Crippen LogP contribution in [-0.4, -0.2) is 32.1 Å². The summed E-state index contributed by atoms with van der Waals surface area (Å²) in [5.74, 6) is 0. The lowest BCUT2D eigenvalue weighted by atomic mass is 10.2. The SMILES string of the molecule is O=CCC1COCCN1. The molecule has 0 aliphatic carbocycles. The van der Waals surface area contributed by atoms with Crippen molar-refractivity contribution < 1.29 is 9.53 Å². The number of rotatable bonds is 2. The molecule has 1 unspecified atom stereocenters. The van der Waals surface area contributed by atoms with E-state index < -0.39 is 0 Å². The number of nitrogens with one attached hydrogen (secondary N) is 1. The number of ether oxygens (including phenoxy) is 1. The molecular weight excluding hydrogens is 118 g/mol. The Morgan fingerprint density at radius 2 is 2.67 bits per heavy atom. The van der Waals surface area contributed by atoms with Crippen molar-refractivity contribution in [3.63, 3.8) is 0 Å². The van der Waals surface area contributed by atoms with Gasteiger partial charge in [-0.3, -0.25) is 0 Å². The molecule has 0 saturated carbocycles. The van der Waals surface area contributed by atoms with E-state index in [0.29, 0.717) is 13.0 Å². The van der Waals surface area contributed by atoms with Crippen LogP contribution in [0.5, 0.6) is 0 Å². The molecule has 1 saturated heterocycles. The van der Waals surface area contributed by atoms with Gasteiger partial charge < -0.3 is 14.8 Å². The first kappa shape index (κ1) is 6.71. The summed E-state index contributed by atoms with van der Waals surface area (Å²) < 4.78 is 5.11. The van der Waals surface area contributed by atoms with Crippen molar-refractivity contribution in [1.82, 2.24) is 5.32 Å². The van der Waals surface area contributed by atoms with E-state index in [2.05, 4.69) is 5.32 Å². The normalized spacial score (nSPS) is 27.8. The minimum Gasteiger partial charge on any atom is -0.379 e. The largest absolute Gasteiger partial charge is 0.379 e. The van der Waals surface area contributed by atoms with Crippen LogP contribution in [0.4, 0.5) is 0 Å². The van der Waals surface area contributed by atoms with E-state index in [9.17, 15) is 4.79 Å². The van der Waals surface area contributed by atoms with Gasteiger partial charge >= 0.3 is 0 Å². The van der Waals surface area contributed by atoms with Gasteiger partial charge in [0.25, 0.3) is 0 Å². The second-order valence-corrected chi connectivity index (χ2v) is 2.13. The van der Waals surface area contributed by atoms with Gasteiger partial charge in [-0.15, -0.1) is 0 Å². The highest BCUT2D eigenvalue weighted by molar-refractivity contribution is 5.50. The quantitative estimate of drug-likeness (QED) is 0.514. The molecular formula is C6H11NO2. The van der Waals surface area contributed by atoms with Crippen molar-refractivity contribution in [3.8, 4) is 0 Å². The summed E-state index contributed by atoms with van der Waals surface area (Å²) in [5, 5.41) is 3.16.